The van der Waals surface area contributed by atoms with Gasteiger partial charge in [0.05, 0.1) is 5.92 Å². The summed E-state index contributed by atoms with van der Waals surface area (Å²) >= 11 is 0. The van der Waals surface area contributed by atoms with Gasteiger partial charge in [0.25, 0.3) is 0 Å². The van der Waals surface area contributed by atoms with Crippen LogP contribution in [0, 0.1) is 5.92 Å². The Morgan fingerprint density at radius 3 is 1.76 bits per heavy atom. The molecule has 0 saturated heterocycles. The SMILES string of the molecule is FC(F)(F)C1CCC(NC2CCCCC2)CC1. The highest BCUT2D eigenvalue weighted by Crippen LogP contribution is 2.37. The summed E-state index contributed by atoms with van der Waals surface area (Å²) in [4.78, 5) is 0. The molecule has 0 aliphatic heterocycles. The molecule has 0 aromatic heterocycles. The van der Waals surface area contributed by atoms with Gasteiger partial charge in [-0.15, -0.1) is 0 Å². The summed E-state index contributed by atoms with van der Waals surface area (Å²) in [5.74, 6) is -1.05. The van der Waals surface area contributed by atoms with Gasteiger partial charge in [0, 0.05) is 12.1 Å². The third-order valence-electron chi connectivity index (χ3n) is 4.27. The molecule has 4 heteroatoms. The minimum Gasteiger partial charge on any atom is -0.311 e. The molecular weight excluding hydrogens is 227 g/mol. The van der Waals surface area contributed by atoms with Crippen molar-refractivity contribution in [3.05, 3.63) is 0 Å². The topological polar surface area (TPSA) is 12.0 Å². The van der Waals surface area contributed by atoms with Crippen LogP contribution >= 0.6 is 0 Å². The smallest absolute Gasteiger partial charge is 0.311 e. The van der Waals surface area contributed by atoms with Crippen molar-refractivity contribution in [2.45, 2.75) is 76.0 Å². The molecule has 1 N–H and O–H groups in total. The first-order valence-corrected chi connectivity index (χ1v) is 6.88. The average Bonchev–Trinajstić information content (AvgIpc) is 2.30. The fourth-order valence-corrected chi connectivity index (χ4v) is 3.19. The highest BCUT2D eigenvalue weighted by atomic mass is 19.4. The van der Waals surface area contributed by atoms with Crippen molar-refractivity contribution < 1.29 is 13.2 Å². The Morgan fingerprint density at radius 1 is 0.706 bits per heavy atom. The van der Waals surface area contributed by atoms with Gasteiger partial charge in [-0.2, -0.15) is 13.2 Å². The Balaban J connectivity index is 1.71. The van der Waals surface area contributed by atoms with Crippen LogP contribution in [0.3, 0.4) is 0 Å². The van der Waals surface area contributed by atoms with Crippen LogP contribution in [0.2, 0.25) is 0 Å². The number of alkyl halides is 3. The predicted octanol–water partition coefficient (Wildman–Crippen LogP) is 4.03. The molecule has 2 rings (SSSR count). The fourth-order valence-electron chi connectivity index (χ4n) is 3.19. The summed E-state index contributed by atoms with van der Waals surface area (Å²) in [7, 11) is 0. The Labute approximate surface area is 101 Å². The van der Waals surface area contributed by atoms with Crippen molar-refractivity contribution in [3.8, 4) is 0 Å². The monoisotopic (exact) mass is 249 g/mol. The lowest BCUT2D eigenvalue weighted by Crippen LogP contribution is -2.42. The molecule has 0 atom stereocenters. The van der Waals surface area contributed by atoms with Gasteiger partial charge >= 0.3 is 6.18 Å². The van der Waals surface area contributed by atoms with E-state index in [2.05, 4.69) is 5.32 Å². The van der Waals surface area contributed by atoms with Gasteiger partial charge in [0.1, 0.15) is 0 Å². The van der Waals surface area contributed by atoms with E-state index < -0.39 is 12.1 Å². The summed E-state index contributed by atoms with van der Waals surface area (Å²) < 4.78 is 37.5. The summed E-state index contributed by atoms with van der Waals surface area (Å²) in [6.07, 6.45) is 4.32. The summed E-state index contributed by atoms with van der Waals surface area (Å²) in [5, 5.41) is 3.56. The highest BCUT2D eigenvalue weighted by molar-refractivity contribution is 4.84. The Morgan fingerprint density at radius 2 is 1.24 bits per heavy atom. The normalized spacial score (nSPS) is 32.6. The molecule has 0 unspecified atom stereocenters. The van der Waals surface area contributed by atoms with Crippen LogP contribution in [-0.4, -0.2) is 18.3 Å². The molecule has 0 amide bonds. The van der Waals surface area contributed by atoms with Crippen LogP contribution in [-0.2, 0) is 0 Å². The quantitative estimate of drug-likeness (QED) is 0.779. The van der Waals surface area contributed by atoms with Crippen molar-refractivity contribution >= 4 is 0 Å². The number of halogens is 3. The van der Waals surface area contributed by atoms with Crippen molar-refractivity contribution in [2.24, 2.45) is 5.92 Å². The second-order valence-corrected chi connectivity index (χ2v) is 5.59. The first-order valence-electron chi connectivity index (χ1n) is 6.88. The minimum absolute atomic E-state index is 0.313. The van der Waals surface area contributed by atoms with Crippen molar-refractivity contribution in [2.75, 3.05) is 0 Å². The molecule has 17 heavy (non-hydrogen) atoms. The maximum absolute atomic E-state index is 12.5. The van der Waals surface area contributed by atoms with Gasteiger partial charge in [0.2, 0.25) is 0 Å². The zero-order chi connectivity index (χ0) is 12.3. The predicted molar refractivity (Wildman–Crippen MR) is 61.8 cm³/mol. The second kappa shape index (κ2) is 5.59. The Bertz CT molecular complexity index is 225. The molecule has 0 bridgehead atoms. The maximum Gasteiger partial charge on any atom is 0.391 e. The molecule has 0 radical (unpaired) electrons. The largest absolute Gasteiger partial charge is 0.391 e. The highest BCUT2D eigenvalue weighted by Gasteiger charge is 2.41. The van der Waals surface area contributed by atoms with Crippen molar-refractivity contribution in [1.82, 2.24) is 5.32 Å². The summed E-state index contributed by atoms with van der Waals surface area (Å²) in [6, 6.07) is 0.896. The molecule has 2 saturated carbocycles. The average molecular weight is 249 g/mol. The first kappa shape index (κ1) is 13.2. The molecule has 0 heterocycles. The fraction of sp³-hybridized carbons (Fsp3) is 1.00. The standard InChI is InChI=1S/C13H22F3N/c14-13(15,16)10-6-8-12(9-7-10)17-11-4-2-1-3-5-11/h10-12,17H,1-9H2. The zero-order valence-electron chi connectivity index (χ0n) is 10.2. The zero-order valence-corrected chi connectivity index (χ0v) is 10.2. The molecule has 2 aliphatic rings. The van der Waals surface area contributed by atoms with Crippen molar-refractivity contribution in [3.63, 3.8) is 0 Å². The number of hydrogen-bond acceptors (Lipinski definition) is 1. The Hall–Kier alpha value is -0.250. The number of hydrogen-bond donors (Lipinski definition) is 1. The summed E-state index contributed by atoms with van der Waals surface area (Å²) in [6.45, 7) is 0. The molecule has 0 spiro atoms. The number of nitrogens with one attached hydrogen (secondary N) is 1. The number of rotatable bonds is 2. The van der Waals surface area contributed by atoms with Gasteiger partial charge in [-0.05, 0) is 38.5 Å². The lowest BCUT2D eigenvalue weighted by atomic mass is 9.84. The van der Waals surface area contributed by atoms with E-state index in [1.54, 1.807) is 0 Å². The molecule has 100 valence electrons. The van der Waals surface area contributed by atoms with E-state index in [1.165, 1.54) is 32.1 Å². The van der Waals surface area contributed by atoms with Crippen LogP contribution in [0.15, 0.2) is 0 Å². The van der Waals surface area contributed by atoms with Gasteiger partial charge in [0.15, 0.2) is 0 Å². The van der Waals surface area contributed by atoms with Crippen LogP contribution in [0.5, 0.6) is 0 Å². The van der Waals surface area contributed by atoms with Crippen LogP contribution in [0.25, 0.3) is 0 Å². The lowest BCUT2D eigenvalue weighted by molar-refractivity contribution is -0.182. The first-order chi connectivity index (χ1) is 8.05. The molecule has 0 aromatic rings. The molecule has 2 aliphatic carbocycles. The van der Waals surface area contributed by atoms with Gasteiger partial charge in [-0.3, -0.25) is 0 Å². The third kappa shape index (κ3) is 3.87. The molecular formula is C13H22F3N. The summed E-state index contributed by atoms with van der Waals surface area (Å²) in [5.41, 5.74) is 0. The van der Waals surface area contributed by atoms with E-state index in [0.717, 1.165) is 0 Å². The molecule has 0 aromatic carbocycles. The molecule has 2 fully saturated rings. The van der Waals surface area contributed by atoms with Crippen LogP contribution in [0.4, 0.5) is 13.2 Å². The van der Waals surface area contributed by atoms with Crippen LogP contribution < -0.4 is 5.32 Å². The van der Waals surface area contributed by atoms with Gasteiger partial charge in [-0.25, -0.2) is 0 Å². The van der Waals surface area contributed by atoms with Gasteiger partial charge < -0.3 is 5.32 Å². The lowest BCUT2D eigenvalue weighted by Gasteiger charge is -2.34. The van der Waals surface area contributed by atoms with Crippen LogP contribution in [0.1, 0.15) is 57.8 Å². The Kier molecular flexibility index (Phi) is 4.34. The van der Waals surface area contributed by atoms with Crippen molar-refractivity contribution in [1.29, 1.82) is 0 Å². The van der Waals surface area contributed by atoms with E-state index in [9.17, 15) is 13.2 Å². The minimum atomic E-state index is -3.98. The molecule has 1 nitrogen and oxygen atoms in total. The third-order valence-corrected chi connectivity index (χ3v) is 4.27. The van der Waals surface area contributed by atoms with E-state index in [4.69, 9.17) is 0 Å². The van der Waals surface area contributed by atoms with E-state index in [-0.39, 0.29) is 0 Å². The van der Waals surface area contributed by atoms with E-state index >= 15 is 0 Å². The second-order valence-electron chi connectivity index (χ2n) is 5.59. The van der Waals surface area contributed by atoms with Gasteiger partial charge in [-0.1, -0.05) is 19.3 Å². The van der Waals surface area contributed by atoms with E-state index in [0.29, 0.717) is 37.8 Å². The van der Waals surface area contributed by atoms with E-state index in [1.807, 2.05) is 0 Å². The maximum atomic E-state index is 12.5.